The molecule has 2 saturated carbocycles. The molecule has 2 aliphatic heterocycles. The first-order valence-corrected chi connectivity index (χ1v) is 15.1. The number of hydrogen-bond donors (Lipinski definition) is 7. The Hall–Kier alpha value is -0.0100. The van der Waals surface area contributed by atoms with Crippen molar-refractivity contribution in [3.63, 3.8) is 0 Å². The summed E-state index contributed by atoms with van der Waals surface area (Å²) in [7, 11) is 0. The third-order valence-electron chi connectivity index (χ3n) is 9.26. The first kappa shape index (κ1) is 37.4. The molecule has 14 nitrogen and oxygen atoms in total. The van der Waals surface area contributed by atoms with E-state index in [1.165, 1.54) is 6.92 Å². The van der Waals surface area contributed by atoms with Crippen LogP contribution >= 0.6 is 0 Å². The largest absolute Gasteiger partial charge is 1.00 e. The van der Waals surface area contributed by atoms with Gasteiger partial charge in [0.15, 0.2) is 6.29 Å². The zero-order valence-electron chi connectivity index (χ0n) is 24.9. The molecule has 2 aliphatic carbocycles. The molecule has 13 unspecified atom stereocenters. The van der Waals surface area contributed by atoms with Crippen molar-refractivity contribution >= 4 is 5.97 Å². The van der Waals surface area contributed by atoms with Gasteiger partial charge in [-0.15, -0.1) is 0 Å². The first-order chi connectivity index (χ1) is 20.0. The molecule has 244 valence electrons. The second kappa shape index (κ2) is 17.2. The molecule has 43 heavy (non-hydrogen) atoms. The molecule has 0 amide bonds. The molecule has 0 aromatic rings. The molecule has 0 radical (unpaired) electrons. The molecule has 2 saturated heterocycles. The fraction of sp³-hybridized carbons (Fsp3) is 0.964. The number of aliphatic hydroxyl groups is 7. The van der Waals surface area contributed by atoms with Crippen LogP contribution in [0.5, 0.6) is 0 Å². The maximum Gasteiger partial charge on any atom is 1.00 e. The molecule has 15 heteroatoms. The van der Waals surface area contributed by atoms with Gasteiger partial charge in [-0.2, -0.15) is 0 Å². The summed E-state index contributed by atoms with van der Waals surface area (Å²) in [6.45, 7) is 0.696. The maximum absolute atomic E-state index is 12.0. The molecule has 0 spiro atoms. The van der Waals surface area contributed by atoms with E-state index < -0.39 is 105 Å². The van der Waals surface area contributed by atoms with Crippen LogP contribution in [-0.4, -0.2) is 141 Å². The fourth-order valence-electron chi connectivity index (χ4n) is 6.68. The second-order valence-electron chi connectivity index (χ2n) is 12.2. The van der Waals surface area contributed by atoms with Crippen LogP contribution in [0.15, 0.2) is 0 Å². The van der Waals surface area contributed by atoms with E-state index in [0.29, 0.717) is 0 Å². The summed E-state index contributed by atoms with van der Waals surface area (Å²) in [5.41, 5.74) is 0. The van der Waals surface area contributed by atoms with Gasteiger partial charge in [-0.05, 0) is 32.1 Å². The van der Waals surface area contributed by atoms with E-state index in [0.717, 1.165) is 32.1 Å². The Balaban J connectivity index is 0.00000506. The Labute approximate surface area is 273 Å². The summed E-state index contributed by atoms with van der Waals surface area (Å²) in [5, 5.41) is 84.9. The van der Waals surface area contributed by atoms with E-state index in [1.807, 2.05) is 0 Å². The number of carboxylic acids is 1. The van der Waals surface area contributed by atoms with Crippen LogP contribution in [0.2, 0.25) is 0 Å². The minimum atomic E-state index is -1.61. The van der Waals surface area contributed by atoms with Crippen LogP contribution < -0.4 is 34.7 Å². The molecule has 4 fully saturated rings. The minimum absolute atomic E-state index is 0. The molecule has 0 aromatic carbocycles. The van der Waals surface area contributed by atoms with Gasteiger partial charge in [0.2, 0.25) is 0 Å². The number of carboxylic acid groups (broad SMARTS) is 1. The standard InChI is InChI=1S/C28H48O14.Na/c1-13-20(31)23(34)24(35)28(39-13)42-25-16(7-8-38-19(25)12-30)40-17-10-15(11-29)21(32)26(22(17)33)41-18(27(36)37)9-14-5-3-2-4-6-14;/h13-26,28-35H,2-12H2,1H3,(H,36,37);/q;+1/p-1/t13?,15?,16?,17?,18-,19?,20?,21?,22?,23?,24?,25?,26?,28?;/m0./s1. The number of rotatable bonds is 11. The Morgan fingerprint density at radius 1 is 0.860 bits per heavy atom. The Kier molecular flexibility index (Phi) is 15.0. The molecular formula is C28H47NaO14. The molecule has 4 rings (SSSR count). The molecule has 0 bridgehead atoms. The number of ether oxygens (including phenoxy) is 5. The Morgan fingerprint density at radius 3 is 2.19 bits per heavy atom. The van der Waals surface area contributed by atoms with Crippen molar-refractivity contribution in [1.29, 1.82) is 0 Å². The molecule has 2 heterocycles. The van der Waals surface area contributed by atoms with Crippen LogP contribution in [0.4, 0.5) is 0 Å². The van der Waals surface area contributed by atoms with Gasteiger partial charge in [0.25, 0.3) is 0 Å². The zero-order valence-corrected chi connectivity index (χ0v) is 26.9. The van der Waals surface area contributed by atoms with Crippen LogP contribution in [-0.2, 0) is 28.5 Å². The van der Waals surface area contributed by atoms with Gasteiger partial charge in [0.05, 0.1) is 43.1 Å². The number of carbonyl (C=O) groups is 1. The summed E-state index contributed by atoms with van der Waals surface area (Å²) in [4.78, 5) is 12.0. The smallest absolute Gasteiger partial charge is 0.547 e. The average Bonchev–Trinajstić information content (AvgIpc) is 2.98. The van der Waals surface area contributed by atoms with Crippen LogP contribution in [0.3, 0.4) is 0 Å². The van der Waals surface area contributed by atoms with Crippen LogP contribution in [0.25, 0.3) is 0 Å². The van der Waals surface area contributed by atoms with Crippen molar-refractivity contribution < 1.29 is 98.9 Å². The van der Waals surface area contributed by atoms with Crippen molar-refractivity contribution in [2.24, 2.45) is 11.8 Å². The molecule has 7 N–H and O–H groups in total. The number of aliphatic hydroxyl groups excluding tert-OH is 7. The van der Waals surface area contributed by atoms with E-state index in [-0.39, 0.29) is 61.3 Å². The molecule has 14 atom stereocenters. The van der Waals surface area contributed by atoms with Gasteiger partial charge in [-0.1, -0.05) is 32.1 Å². The van der Waals surface area contributed by atoms with Gasteiger partial charge in [0, 0.05) is 19.1 Å². The van der Waals surface area contributed by atoms with Crippen molar-refractivity contribution in [1.82, 2.24) is 0 Å². The van der Waals surface area contributed by atoms with E-state index in [9.17, 15) is 45.6 Å². The van der Waals surface area contributed by atoms with E-state index in [1.54, 1.807) is 0 Å². The third kappa shape index (κ3) is 9.08. The van der Waals surface area contributed by atoms with Crippen molar-refractivity contribution in [2.45, 2.75) is 138 Å². The monoisotopic (exact) mass is 630 g/mol. The number of carbonyl (C=O) groups excluding carboxylic acids is 1. The zero-order chi connectivity index (χ0) is 30.6. The SMILES string of the molecule is CC1OC(OC2C(CO)OCCC2OC2CC(CO)C(O)C(O[C@@H](CC3CCCCC3)C(=O)[O-])C2O)C(O)C(O)C1O.[Na+]. The maximum atomic E-state index is 12.0. The van der Waals surface area contributed by atoms with Gasteiger partial charge >= 0.3 is 29.6 Å². The number of aliphatic carboxylic acids is 1. The minimum Gasteiger partial charge on any atom is -0.547 e. The van der Waals surface area contributed by atoms with Gasteiger partial charge in [0.1, 0.15) is 42.7 Å². The first-order valence-electron chi connectivity index (χ1n) is 15.1. The molecular weight excluding hydrogens is 583 g/mol. The van der Waals surface area contributed by atoms with Gasteiger partial charge < -0.3 is 69.3 Å². The Bertz CT molecular complexity index is 848. The summed E-state index contributed by atoms with van der Waals surface area (Å²) >= 11 is 0. The predicted octanol–water partition coefficient (Wildman–Crippen LogP) is -6.05. The van der Waals surface area contributed by atoms with Gasteiger partial charge in [-0.3, -0.25) is 0 Å². The predicted molar refractivity (Wildman–Crippen MR) is 139 cm³/mol. The van der Waals surface area contributed by atoms with Crippen LogP contribution in [0, 0.1) is 11.8 Å². The molecule has 4 aliphatic rings. The topological polar surface area (TPSA) is 228 Å². The summed E-state index contributed by atoms with van der Waals surface area (Å²) in [6.07, 6.45) is -11.0. The van der Waals surface area contributed by atoms with Crippen molar-refractivity contribution in [3.8, 4) is 0 Å². The van der Waals surface area contributed by atoms with Crippen LogP contribution in [0.1, 0.15) is 58.3 Å². The van der Waals surface area contributed by atoms with Crippen molar-refractivity contribution in [3.05, 3.63) is 0 Å². The van der Waals surface area contributed by atoms with E-state index >= 15 is 0 Å². The summed E-state index contributed by atoms with van der Waals surface area (Å²) < 4.78 is 29.2. The van der Waals surface area contributed by atoms with Crippen molar-refractivity contribution in [2.75, 3.05) is 19.8 Å². The van der Waals surface area contributed by atoms with E-state index in [4.69, 9.17) is 23.7 Å². The molecule has 0 aromatic heterocycles. The Morgan fingerprint density at radius 2 is 1.56 bits per heavy atom. The second-order valence-corrected chi connectivity index (χ2v) is 12.2. The van der Waals surface area contributed by atoms with Gasteiger partial charge in [-0.25, -0.2) is 0 Å². The summed E-state index contributed by atoms with van der Waals surface area (Å²) in [5.74, 6) is -2.12. The summed E-state index contributed by atoms with van der Waals surface area (Å²) in [6, 6.07) is 0. The average molecular weight is 631 g/mol. The quantitative estimate of drug-likeness (QED) is 0.106. The third-order valence-corrected chi connectivity index (χ3v) is 9.26. The fourth-order valence-corrected chi connectivity index (χ4v) is 6.68. The van der Waals surface area contributed by atoms with E-state index in [2.05, 4.69) is 0 Å². The normalized spacial score (nSPS) is 43.5. The number of hydrogen-bond acceptors (Lipinski definition) is 14.